The predicted molar refractivity (Wildman–Crippen MR) is 125 cm³/mol. The van der Waals surface area contributed by atoms with Gasteiger partial charge in [0, 0.05) is 18.2 Å². The molecule has 0 radical (unpaired) electrons. The van der Waals surface area contributed by atoms with E-state index in [4.69, 9.17) is 13.9 Å². The van der Waals surface area contributed by atoms with Crippen LogP contribution < -0.4 is 10.1 Å². The lowest BCUT2D eigenvalue weighted by molar-refractivity contribution is -0.149. The maximum atomic E-state index is 12.7. The third kappa shape index (κ3) is 5.19. The van der Waals surface area contributed by atoms with Crippen molar-refractivity contribution in [2.75, 3.05) is 12.4 Å². The highest BCUT2D eigenvalue weighted by atomic mass is 32.2. The summed E-state index contributed by atoms with van der Waals surface area (Å²) < 4.78 is 16.2. The first kappa shape index (κ1) is 24.4. The number of carbonyl (C=O) groups excluding carboxylic acids is 3. The van der Waals surface area contributed by atoms with Crippen LogP contribution in [0.15, 0.2) is 46.0 Å². The lowest BCUT2D eigenvalue weighted by Crippen LogP contribution is -2.70. The third-order valence-electron chi connectivity index (χ3n) is 5.45. The number of hydrogen-bond donors (Lipinski definition) is 2. The van der Waals surface area contributed by atoms with Gasteiger partial charge >= 0.3 is 11.9 Å². The molecule has 2 N–H and O–H groups in total. The molecule has 4 rings (SSSR count). The molecule has 184 valence electrons. The number of fused-ring (bicyclic) bond motifs is 1. The first-order chi connectivity index (χ1) is 16.6. The number of hydrogen-bond acceptors (Lipinski definition) is 8. The largest absolute Gasteiger partial charge is 0.486 e. The van der Waals surface area contributed by atoms with Crippen LogP contribution in [-0.2, 0) is 25.7 Å². The summed E-state index contributed by atoms with van der Waals surface area (Å²) in [6, 6.07) is 8.04. The number of furan rings is 1. The van der Waals surface area contributed by atoms with Crippen LogP contribution in [0.25, 0.3) is 0 Å². The molecule has 1 fully saturated rings. The van der Waals surface area contributed by atoms with E-state index in [9.17, 15) is 24.3 Å². The van der Waals surface area contributed by atoms with Crippen LogP contribution in [0, 0.1) is 13.8 Å². The van der Waals surface area contributed by atoms with Gasteiger partial charge in [-0.2, -0.15) is 0 Å². The van der Waals surface area contributed by atoms with E-state index in [-0.39, 0.29) is 30.4 Å². The summed E-state index contributed by atoms with van der Waals surface area (Å²) in [7, 11) is 0. The SMILES string of the molecule is CC(=O)OCC1=C(C(=O)O)N2C(=O)[C@@H](NC(=O)c3ccc(COc4cc(C)cc(C)c4)o3)[C@@H]2SC1. The number of esters is 1. The number of thioether (sulfide) groups is 1. The van der Waals surface area contributed by atoms with Crippen molar-refractivity contribution in [3.63, 3.8) is 0 Å². The molecule has 1 saturated heterocycles. The number of nitrogens with zero attached hydrogens (tertiary/aromatic N) is 1. The minimum Gasteiger partial charge on any atom is -0.486 e. The number of aliphatic carboxylic acids is 1. The van der Waals surface area contributed by atoms with Crippen LogP contribution in [-0.4, -0.2) is 57.5 Å². The standard InChI is InChI=1S/C24H24N2O8S/c1-12-6-13(2)8-17(7-12)33-10-16-4-5-18(34-16)21(28)25-19-22(29)26-20(24(30)31)15(9-32-14(3)27)11-35-23(19)26/h4-8,19,23H,9-11H2,1-3H3,(H,25,28)(H,30,31)/t19-,23+/m1/s1. The molecule has 0 spiro atoms. The van der Waals surface area contributed by atoms with Gasteiger partial charge in [0.1, 0.15) is 41.8 Å². The summed E-state index contributed by atoms with van der Waals surface area (Å²) in [6.45, 7) is 5.08. The quantitative estimate of drug-likeness (QED) is 0.414. The molecule has 1 aromatic carbocycles. The highest BCUT2D eigenvalue weighted by molar-refractivity contribution is 8.00. The highest BCUT2D eigenvalue weighted by Gasteiger charge is 2.54. The monoisotopic (exact) mass is 500 g/mol. The predicted octanol–water partition coefficient (Wildman–Crippen LogP) is 2.39. The van der Waals surface area contributed by atoms with Crippen molar-refractivity contribution < 1.29 is 38.2 Å². The normalized spacial score (nSPS) is 19.1. The van der Waals surface area contributed by atoms with Crippen molar-refractivity contribution in [1.82, 2.24) is 10.2 Å². The van der Waals surface area contributed by atoms with Gasteiger partial charge in [-0.3, -0.25) is 19.3 Å². The summed E-state index contributed by atoms with van der Waals surface area (Å²) in [5.41, 5.74) is 2.25. The topological polar surface area (TPSA) is 135 Å². The van der Waals surface area contributed by atoms with Gasteiger partial charge in [-0.25, -0.2) is 4.79 Å². The summed E-state index contributed by atoms with van der Waals surface area (Å²) in [5.74, 6) is -1.60. The molecule has 0 saturated carbocycles. The average Bonchev–Trinajstić information content (AvgIpc) is 3.27. The molecule has 1 aromatic heterocycles. The van der Waals surface area contributed by atoms with Gasteiger partial charge in [-0.05, 0) is 49.2 Å². The fourth-order valence-electron chi connectivity index (χ4n) is 3.94. The number of rotatable bonds is 8. The highest BCUT2D eigenvalue weighted by Crippen LogP contribution is 2.40. The number of β-lactam (4-membered cyclic amide) rings is 1. The van der Waals surface area contributed by atoms with Crippen molar-refractivity contribution in [3.8, 4) is 5.75 Å². The van der Waals surface area contributed by atoms with Crippen molar-refractivity contribution in [2.45, 2.75) is 38.8 Å². The molecule has 0 aliphatic carbocycles. The van der Waals surface area contributed by atoms with E-state index in [2.05, 4.69) is 5.32 Å². The van der Waals surface area contributed by atoms with Crippen LogP contribution in [0.1, 0.15) is 34.4 Å². The zero-order chi connectivity index (χ0) is 25.3. The first-order valence-electron chi connectivity index (χ1n) is 10.8. The number of ether oxygens (including phenoxy) is 2. The third-order valence-corrected chi connectivity index (χ3v) is 6.79. The Kier molecular flexibility index (Phi) is 6.88. The summed E-state index contributed by atoms with van der Waals surface area (Å²) in [6.07, 6.45) is 0. The Balaban J connectivity index is 1.38. The molecule has 2 aliphatic rings. The molecule has 0 bridgehead atoms. The molecule has 2 amide bonds. The van der Waals surface area contributed by atoms with E-state index in [1.54, 1.807) is 6.07 Å². The van der Waals surface area contributed by atoms with Gasteiger partial charge in [0.05, 0.1) is 0 Å². The minimum absolute atomic E-state index is 0.0145. The summed E-state index contributed by atoms with van der Waals surface area (Å²) in [4.78, 5) is 49.4. The molecule has 11 heteroatoms. The number of carbonyl (C=O) groups is 4. The van der Waals surface area contributed by atoms with Crippen LogP contribution >= 0.6 is 11.8 Å². The van der Waals surface area contributed by atoms with Crippen molar-refractivity contribution in [1.29, 1.82) is 0 Å². The van der Waals surface area contributed by atoms with Crippen molar-refractivity contribution in [2.24, 2.45) is 0 Å². The van der Waals surface area contributed by atoms with Gasteiger partial charge in [0.15, 0.2) is 5.76 Å². The van der Waals surface area contributed by atoms with E-state index in [0.717, 1.165) is 16.0 Å². The van der Waals surface area contributed by atoms with Crippen LogP contribution in [0.2, 0.25) is 0 Å². The molecule has 2 aromatic rings. The second-order valence-electron chi connectivity index (χ2n) is 8.28. The van der Waals surface area contributed by atoms with E-state index in [1.807, 2.05) is 32.0 Å². The van der Waals surface area contributed by atoms with E-state index < -0.39 is 35.2 Å². The lowest BCUT2D eigenvalue weighted by atomic mass is 10.0. The van der Waals surface area contributed by atoms with Crippen LogP contribution in [0.4, 0.5) is 0 Å². The number of nitrogens with one attached hydrogen (secondary N) is 1. The molecule has 35 heavy (non-hydrogen) atoms. The van der Waals surface area contributed by atoms with E-state index in [1.165, 1.54) is 24.8 Å². The smallest absolute Gasteiger partial charge is 0.352 e. The maximum Gasteiger partial charge on any atom is 0.352 e. The van der Waals surface area contributed by atoms with Gasteiger partial charge in [-0.15, -0.1) is 11.8 Å². The Morgan fingerprint density at radius 3 is 2.54 bits per heavy atom. The van der Waals surface area contributed by atoms with Gasteiger partial charge < -0.3 is 24.3 Å². The van der Waals surface area contributed by atoms with Crippen molar-refractivity contribution >= 4 is 35.5 Å². The summed E-state index contributed by atoms with van der Waals surface area (Å²) >= 11 is 1.28. The van der Waals surface area contributed by atoms with E-state index in [0.29, 0.717) is 17.1 Å². The first-order valence-corrected chi connectivity index (χ1v) is 11.8. The van der Waals surface area contributed by atoms with Crippen molar-refractivity contribution in [3.05, 3.63) is 64.2 Å². The fourth-order valence-corrected chi connectivity index (χ4v) is 5.27. The van der Waals surface area contributed by atoms with Crippen LogP contribution in [0.5, 0.6) is 5.75 Å². The fraction of sp³-hybridized carbons (Fsp3) is 0.333. The Bertz CT molecular complexity index is 1210. The second-order valence-corrected chi connectivity index (χ2v) is 9.38. The summed E-state index contributed by atoms with van der Waals surface area (Å²) in [5, 5.41) is 11.6. The van der Waals surface area contributed by atoms with Crippen LogP contribution in [0.3, 0.4) is 0 Å². The zero-order valence-corrected chi connectivity index (χ0v) is 20.1. The number of amides is 2. The Morgan fingerprint density at radius 2 is 1.89 bits per heavy atom. The van der Waals surface area contributed by atoms with E-state index >= 15 is 0 Å². The number of carboxylic acid groups (broad SMARTS) is 1. The zero-order valence-electron chi connectivity index (χ0n) is 19.3. The average molecular weight is 501 g/mol. The molecule has 0 unspecified atom stereocenters. The molecule has 2 atom stereocenters. The Hall–Kier alpha value is -3.73. The van der Waals surface area contributed by atoms with Gasteiger partial charge in [0.2, 0.25) is 0 Å². The van der Waals surface area contributed by atoms with Gasteiger partial charge in [-0.1, -0.05) is 6.07 Å². The molecule has 10 nitrogen and oxygen atoms in total. The minimum atomic E-state index is -1.30. The molecular formula is C24H24N2O8S. The molecule has 3 heterocycles. The molecular weight excluding hydrogens is 476 g/mol. The Morgan fingerprint density at radius 1 is 1.17 bits per heavy atom. The Labute approximate surface area is 205 Å². The number of carboxylic acids is 1. The number of aryl methyl sites for hydroxylation is 2. The number of benzene rings is 1. The second kappa shape index (κ2) is 9.87. The molecule has 2 aliphatic heterocycles. The van der Waals surface area contributed by atoms with Gasteiger partial charge in [0.25, 0.3) is 11.8 Å². The lowest BCUT2D eigenvalue weighted by Gasteiger charge is -2.49. The maximum absolute atomic E-state index is 12.7.